The highest BCUT2D eigenvalue weighted by Crippen LogP contribution is 2.17. The van der Waals surface area contributed by atoms with Gasteiger partial charge in [0.15, 0.2) is 0 Å². The largest absolute Gasteiger partial charge is 0.335 e. The first-order valence-corrected chi connectivity index (χ1v) is 9.39. The van der Waals surface area contributed by atoms with Crippen LogP contribution in [0.5, 0.6) is 0 Å². The number of nitrogens with zero attached hydrogens (tertiary/aromatic N) is 3. The molecule has 0 aromatic heterocycles. The van der Waals surface area contributed by atoms with Gasteiger partial charge in [-0.3, -0.25) is 14.4 Å². The van der Waals surface area contributed by atoms with E-state index in [0.717, 1.165) is 4.90 Å². The van der Waals surface area contributed by atoms with E-state index in [1.54, 1.807) is 21.6 Å². The van der Waals surface area contributed by atoms with Crippen LogP contribution in [0, 0.1) is 0 Å². The van der Waals surface area contributed by atoms with E-state index < -0.39 is 0 Å². The molecule has 0 saturated carbocycles. The number of benzene rings is 1. The molecule has 7 nitrogen and oxygen atoms in total. The standard InChI is InChI=1S/C17H20N4O3S/c1-25-13-4-2-12(3-5-13)16(23)20-8-10-21(11-9-20)17(24)14-6-7-15(22)19-18-14/h2-5H,6-11H2,1H3,(H,19,22). The van der Waals surface area contributed by atoms with Gasteiger partial charge in [0.1, 0.15) is 5.71 Å². The number of carbonyl (C=O) groups excluding carboxylic acids is 3. The minimum Gasteiger partial charge on any atom is -0.335 e. The van der Waals surface area contributed by atoms with Crippen molar-refractivity contribution in [3.8, 4) is 0 Å². The molecular weight excluding hydrogens is 340 g/mol. The van der Waals surface area contributed by atoms with Gasteiger partial charge in [0, 0.05) is 49.5 Å². The smallest absolute Gasteiger partial charge is 0.270 e. The maximum Gasteiger partial charge on any atom is 0.270 e. The Labute approximate surface area is 150 Å². The van der Waals surface area contributed by atoms with Gasteiger partial charge < -0.3 is 9.80 Å². The Balaban J connectivity index is 1.56. The van der Waals surface area contributed by atoms with Crippen molar-refractivity contribution >= 4 is 35.2 Å². The molecule has 8 heteroatoms. The van der Waals surface area contributed by atoms with Crippen LogP contribution in [0.15, 0.2) is 34.3 Å². The lowest BCUT2D eigenvalue weighted by molar-refractivity contribution is -0.126. The Hall–Kier alpha value is -2.35. The van der Waals surface area contributed by atoms with Crippen molar-refractivity contribution in [1.29, 1.82) is 0 Å². The van der Waals surface area contributed by atoms with Gasteiger partial charge in [-0.2, -0.15) is 5.10 Å². The van der Waals surface area contributed by atoms with E-state index in [4.69, 9.17) is 0 Å². The van der Waals surface area contributed by atoms with Crippen LogP contribution in [-0.4, -0.2) is 65.7 Å². The molecule has 3 amide bonds. The Morgan fingerprint density at radius 2 is 1.60 bits per heavy atom. The molecule has 0 spiro atoms. The third-order valence-corrected chi connectivity index (χ3v) is 5.09. The Morgan fingerprint density at radius 1 is 1.00 bits per heavy atom. The molecule has 0 bridgehead atoms. The number of amides is 3. The van der Waals surface area contributed by atoms with Crippen LogP contribution in [0.25, 0.3) is 0 Å². The highest BCUT2D eigenvalue weighted by molar-refractivity contribution is 7.98. The fraction of sp³-hybridized carbons (Fsp3) is 0.412. The lowest BCUT2D eigenvalue weighted by atomic mass is 10.1. The van der Waals surface area contributed by atoms with Crippen LogP contribution in [0.3, 0.4) is 0 Å². The van der Waals surface area contributed by atoms with Gasteiger partial charge >= 0.3 is 0 Å². The van der Waals surface area contributed by atoms with Crippen molar-refractivity contribution < 1.29 is 14.4 Å². The molecule has 1 saturated heterocycles. The van der Waals surface area contributed by atoms with E-state index >= 15 is 0 Å². The summed E-state index contributed by atoms with van der Waals surface area (Å²) in [7, 11) is 0. The molecule has 1 aromatic rings. The van der Waals surface area contributed by atoms with Gasteiger partial charge in [-0.1, -0.05) is 0 Å². The number of hydrogen-bond donors (Lipinski definition) is 1. The first-order valence-electron chi connectivity index (χ1n) is 8.16. The lowest BCUT2D eigenvalue weighted by Gasteiger charge is -2.35. The number of hydrogen-bond acceptors (Lipinski definition) is 5. The van der Waals surface area contributed by atoms with E-state index in [1.807, 2.05) is 30.5 Å². The van der Waals surface area contributed by atoms with Gasteiger partial charge in [0.25, 0.3) is 11.8 Å². The summed E-state index contributed by atoms with van der Waals surface area (Å²) in [4.78, 5) is 40.7. The third-order valence-electron chi connectivity index (χ3n) is 4.34. The van der Waals surface area contributed by atoms with Crippen molar-refractivity contribution in [3.05, 3.63) is 29.8 Å². The van der Waals surface area contributed by atoms with Crippen LogP contribution < -0.4 is 5.43 Å². The zero-order valence-corrected chi connectivity index (χ0v) is 14.8. The van der Waals surface area contributed by atoms with Gasteiger partial charge in [-0.25, -0.2) is 5.43 Å². The van der Waals surface area contributed by atoms with Crippen molar-refractivity contribution in [2.24, 2.45) is 5.10 Å². The maximum atomic E-state index is 12.6. The highest BCUT2D eigenvalue weighted by atomic mass is 32.2. The van der Waals surface area contributed by atoms with E-state index in [9.17, 15) is 14.4 Å². The van der Waals surface area contributed by atoms with Crippen LogP contribution in [0.1, 0.15) is 23.2 Å². The van der Waals surface area contributed by atoms with E-state index in [1.165, 1.54) is 0 Å². The fourth-order valence-corrected chi connectivity index (χ4v) is 3.25. The molecule has 2 heterocycles. The average Bonchev–Trinajstić information content (AvgIpc) is 2.67. The molecule has 0 radical (unpaired) electrons. The average molecular weight is 360 g/mol. The predicted octanol–water partition coefficient (Wildman–Crippen LogP) is 0.959. The van der Waals surface area contributed by atoms with E-state index in [-0.39, 0.29) is 24.1 Å². The summed E-state index contributed by atoms with van der Waals surface area (Å²) < 4.78 is 0. The number of hydrazone groups is 1. The second-order valence-electron chi connectivity index (χ2n) is 5.91. The van der Waals surface area contributed by atoms with E-state index in [0.29, 0.717) is 43.9 Å². The predicted molar refractivity (Wildman–Crippen MR) is 95.5 cm³/mol. The van der Waals surface area contributed by atoms with Gasteiger partial charge in [0.2, 0.25) is 5.91 Å². The summed E-state index contributed by atoms with van der Waals surface area (Å²) in [5.41, 5.74) is 3.39. The molecule has 1 N–H and O–H groups in total. The Kier molecular flexibility index (Phi) is 5.37. The second-order valence-corrected chi connectivity index (χ2v) is 6.79. The zero-order valence-electron chi connectivity index (χ0n) is 14.0. The number of carbonyl (C=O) groups is 3. The molecule has 3 rings (SSSR count). The van der Waals surface area contributed by atoms with Crippen molar-refractivity contribution in [1.82, 2.24) is 15.2 Å². The number of rotatable bonds is 3. The topological polar surface area (TPSA) is 82.1 Å². The summed E-state index contributed by atoms with van der Waals surface area (Å²) in [6, 6.07) is 7.55. The minimum atomic E-state index is -0.167. The van der Waals surface area contributed by atoms with Crippen molar-refractivity contribution in [2.45, 2.75) is 17.7 Å². The van der Waals surface area contributed by atoms with Gasteiger partial charge in [0.05, 0.1) is 0 Å². The summed E-state index contributed by atoms with van der Waals surface area (Å²) >= 11 is 1.64. The van der Waals surface area contributed by atoms with Gasteiger partial charge in [-0.15, -0.1) is 11.8 Å². The number of thioether (sulfide) groups is 1. The molecule has 2 aliphatic heterocycles. The van der Waals surface area contributed by atoms with Crippen molar-refractivity contribution in [2.75, 3.05) is 32.4 Å². The third kappa shape index (κ3) is 4.01. The number of nitrogens with one attached hydrogen (secondary N) is 1. The van der Waals surface area contributed by atoms with Crippen LogP contribution in [-0.2, 0) is 9.59 Å². The molecule has 1 fully saturated rings. The SMILES string of the molecule is CSc1ccc(C(=O)N2CCN(C(=O)C3=NNC(=O)CC3)CC2)cc1. The second kappa shape index (κ2) is 7.69. The monoisotopic (exact) mass is 360 g/mol. The molecular formula is C17H20N4O3S. The summed E-state index contributed by atoms with van der Waals surface area (Å²) in [5.74, 6) is -0.335. The summed E-state index contributed by atoms with van der Waals surface area (Å²) in [5, 5.41) is 3.85. The minimum absolute atomic E-state index is 0.0120. The van der Waals surface area contributed by atoms with E-state index in [2.05, 4.69) is 10.5 Å². The molecule has 25 heavy (non-hydrogen) atoms. The van der Waals surface area contributed by atoms with Crippen LogP contribution >= 0.6 is 11.8 Å². The van der Waals surface area contributed by atoms with Crippen LogP contribution in [0.4, 0.5) is 0 Å². The fourth-order valence-electron chi connectivity index (χ4n) is 2.84. The number of piperazine rings is 1. The zero-order chi connectivity index (χ0) is 17.8. The Bertz CT molecular complexity index is 709. The first-order chi connectivity index (χ1) is 12.1. The summed E-state index contributed by atoms with van der Waals surface area (Å²) in [6.07, 6.45) is 2.65. The molecule has 0 aliphatic carbocycles. The first kappa shape index (κ1) is 17.5. The lowest BCUT2D eigenvalue weighted by Crippen LogP contribution is -2.52. The van der Waals surface area contributed by atoms with Crippen molar-refractivity contribution in [3.63, 3.8) is 0 Å². The highest BCUT2D eigenvalue weighted by Gasteiger charge is 2.28. The quantitative estimate of drug-likeness (QED) is 0.814. The Morgan fingerprint density at radius 3 is 2.12 bits per heavy atom. The van der Waals surface area contributed by atoms with Crippen LogP contribution in [0.2, 0.25) is 0 Å². The molecule has 0 unspecified atom stereocenters. The van der Waals surface area contributed by atoms with Gasteiger partial charge in [-0.05, 0) is 30.5 Å². The normalized spacial score (nSPS) is 17.8. The molecule has 132 valence electrons. The molecule has 1 aromatic carbocycles. The molecule has 0 atom stereocenters. The maximum absolute atomic E-state index is 12.6. The molecule has 2 aliphatic rings. The summed E-state index contributed by atoms with van der Waals surface area (Å²) in [6.45, 7) is 1.93.